The molecule has 0 atom stereocenters. The number of carbonyl (C=O) groups excluding carboxylic acids is 1. The van der Waals surface area contributed by atoms with Crippen molar-refractivity contribution in [1.29, 1.82) is 0 Å². The van der Waals surface area contributed by atoms with Crippen LogP contribution in [0.25, 0.3) is 11.0 Å². The molecule has 1 amide bonds. The summed E-state index contributed by atoms with van der Waals surface area (Å²) < 4.78 is 15.6. The van der Waals surface area contributed by atoms with Gasteiger partial charge in [-0.1, -0.05) is 30.3 Å². The molecule has 2 heterocycles. The SMILES string of the molecule is Cc1ccc(C)c(NC(=O)c2cc3cccnc3n(Cc3ccccc3F)c2=O)c1. The summed E-state index contributed by atoms with van der Waals surface area (Å²) in [5, 5.41) is 3.45. The molecule has 2 aromatic heterocycles. The lowest BCUT2D eigenvalue weighted by atomic mass is 10.1. The maximum atomic E-state index is 14.2. The summed E-state index contributed by atoms with van der Waals surface area (Å²) >= 11 is 0. The van der Waals surface area contributed by atoms with E-state index in [9.17, 15) is 14.0 Å². The lowest BCUT2D eigenvalue weighted by Crippen LogP contribution is -2.30. The number of pyridine rings is 2. The van der Waals surface area contributed by atoms with Crippen molar-refractivity contribution >= 4 is 22.6 Å². The molecule has 1 N–H and O–H groups in total. The van der Waals surface area contributed by atoms with Gasteiger partial charge in [-0.2, -0.15) is 0 Å². The number of rotatable bonds is 4. The van der Waals surface area contributed by atoms with Crippen molar-refractivity contribution in [3.8, 4) is 0 Å². The van der Waals surface area contributed by atoms with Crippen LogP contribution in [0.15, 0.2) is 71.7 Å². The summed E-state index contributed by atoms with van der Waals surface area (Å²) in [7, 11) is 0. The topological polar surface area (TPSA) is 64.0 Å². The third-order valence-electron chi connectivity index (χ3n) is 5.02. The van der Waals surface area contributed by atoms with Gasteiger partial charge in [0.05, 0.1) is 6.54 Å². The Kier molecular flexibility index (Phi) is 5.14. The van der Waals surface area contributed by atoms with E-state index < -0.39 is 17.3 Å². The summed E-state index contributed by atoms with van der Waals surface area (Å²) in [4.78, 5) is 30.5. The Morgan fingerprint density at radius 1 is 1.07 bits per heavy atom. The average molecular weight is 401 g/mol. The van der Waals surface area contributed by atoms with Crippen LogP contribution in [-0.4, -0.2) is 15.5 Å². The van der Waals surface area contributed by atoms with E-state index in [2.05, 4.69) is 10.3 Å². The van der Waals surface area contributed by atoms with Crippen molar-refractivity contribution in [2.24, 2.45) is 0 Å². The number of hydrogen-bond acceptors (Lipinski definition) is 3. The Morgan fingerprint density at radius 3 is 2.67 bits per heavy atom. The fourth-order valence-electron chi connectivity index (χ4n) is 3.37. The van der Waals surface area contributed by atoms with Gasteiger partial charge in [-0.25, -0.2) is 9.37 Å². The second-order valence-electron chi connectivity index (χ2n) is 7.23. The Morgan fingerprint density at radius 2 is 1.87 bits per heavy atom. The number of aromatic nitrogens is 2. The molecule has 6 heteroatoms. The van der Waals surface area contributed by atoms with E-state index >= 15 is 0 Å². The number of fused-ring (bicyclic) bond motifs is 1. The van der Waals surface area contributed by atoms with Gasteiger partial charge >= 0.3 is 0 Å². The molecule has 4 rings (SSSR count). The van der Waals surface area contributed by atoms with E-state index in [1.807, 2.05) is 32.0 Å². The second-order valence-corrected chi connectivity index (χ2v) is 7.23. The number of halogens is 1. The Labute approximate surface area is 172 Å². The van der Waals surface area contributed by atoms with Crippen LogP contribution in [0, 0.1) is 19.7 Å². The highest BCUT2D eigenvalue weighted by molar-refractivity contribution is 6.06. The quantitative estimate of drug-likeness (QED) is 0.549. The molecular weight excluding hydrogens is 381 g/mol. The summed E-state index contributed by atoms with van der Waals surface area (Å²) in [6.07, 6.45) is 1.56. The smallest absolute Gasteiger partial charge is 0.265 e. The first-order valence-electron chi connectivity index (χ1n) is 9.54. The molecule has 0 spiro atoms. The third kappa shape index (κ3) is 3.72. The zero-order valence-electron chi connectivity index (χ0n) is 16.6. The van der Waals surface area contributed by atoms with E-state index in [0.29, 0.717) is 22.3 Å². The minimum Gasteiger partial charge on any atom is -0.322 e. The number of nitrogens with one attached hydrogen (secondary N) is 1. The van der Waals surface area contributed by atoms with Crippen LogP contribution in [0.1, 0.15) is 27.0 Å². The van der Waals surface area contributed by atoms with Gasteiger partial charge in [-0.3, -0.25) is 14.2 Å². The van der Waals surface area contributed by atoms with Crippen molar-refractivity contribution in [1.82, 2.24) is 9.55 Å². The molecule has 0 radical (unpaired) electrons. The van der Waals surface area contributed by atoms with Gasteiger partial charge in [-0.15, -0.1) is 0 Å². The Balaban J connectivity index is 1.82. The van der Waals surface area contributed by atoms with E-state index in [1.54, 1.807) is 36.5 Å². The fourth-order valence-corrected chi connectivity index (χ4v) is 3.37. The Bertz CT molecular complexity index is 1330. The first kappa shape index (κ1) is 19.5. The van der Waals surface area contributed by atoms with Crippen LogP contribution in [0.2, 0.25) is 0 Å². The monoisotopic (exact) mass is 401 g/mol. The van der Waals surface area contributed by atoms with Crippen LogP contribution >= 0.6 is 0 Å². The van der Waals surface area contributed by atoms with Crippen LogP contribution in [0.4, 0.5) is 10.1 Å². The summed E-state index contributed by atoms with van der Waals surface area (Å²) in [5.74, 6) is -0.930. The number of amides is 1. The van der Waals surface area contributed by atoms with E-state index in [4.69, 9.17) is 0 Å². The highest BCUT2D eigenvalue weighted by Gasteiger charge is 2.18. The molecule has 5 nitrogen and oxygen atoms in total. The number of carbonyl (C=O) groups is 1. The lowest BCUT2D eigenvalue weighted by molar-refractivity contribution is 0.102. The van der Waals surface area contributed by atoms with Crippen LogP contribution in [0.3, 0.4) is 0 Å². The summed E-state index contributed by atoms with van der Waals surface area (Å²) in [6, 6.07) is 17.0. The molecule has 0 saturated heterocycles. The zero-order chi connectivity index (χ0) is 21.3. The van der Waals surface area contributed by atoms with Crippen molar-refractivity contribution in [3.63, 3.8) is 0 Å². The van der Waals surface area contributed by atoms with Gasteiger partial charge in [0.1, 0.15) is 17.0 Å². The summed E-state index contributed by atoms with van der Waals surface area (Å²) in [5.41, 5.74) is 2.73. The van der Waals surface area contributed by atoms with Crippen LogP contribution in [0.5, 0.6) is 0 Å². The second kappa shape index (κ2) is 7.91. The number of anilines is 1. The highest BCUT2D eigenvalue weighted by atomic mass is 19.1. The van der Waals surface area contributed by atoms with Crippen LogP contribution < -0.4 is 10.9 Å². The Hall–Kier alpha value is -3.80. The maximum Gasteiger partial charge on any atom is 0.265 e. The zero-order valence-corrected chi connectivity index (χ0v) is 16.6. The number of benzene rings is 2. The van der Waals surface area contributed by atoms with Crippen molar-refractivity contribution < 1.29 is 9.18 Å². The first-order valence-corrected chi connectivity index (χ1v) is 9.54. The van der Waals surface area contributed by atoms with Gasteiger partial charge in [0, 0.05) is 22.8 Å². The van der Waals surface area contributed by atoms with Crippen molar-refractivity contribution in [2.75, 3.05) is 5.32 Å². The molecule has 0 aliphatic heterocycles. The van der Waals surface area contributed by atoms with Gasteiger partial charge < -0.3 is 5.32 Å². The normalized spacial score (nSPS) is 10.9. The number of aryl methyl sites for hydroxylation is 2. The number of nitrogens with zero attached hydrogens (tertiary/aromatic N) is 2. The molecule has 0 fully saturated rings. The molecule has 0 aliphatic carbocycles. The van der Waals surface area contributed by atoms with Crippen molar-refractivity contribution in [3.05, 3.63) is 105 Å². The molecule has 0 aliphatic rings. The largest absolute Gasteiger partial charge is 0.322 e. The molecular formula is C24H20FN3O2. The molecule has 150 valence electrons. The van der Waals surface area contributed by atoms with E-state index in [0.717, 1.165) is 11.1 Å². The first-order chi connectivity index (χ1) is 14.4. The van der Waals surface area contributed by atoms with E-state index in [-0.39, 0.29) is 12.1 Å². The maximum absolute atomic E-state index is 14.2. The van der Waals surface area contributed by atoms with E-state index in [1.165, 1.54) is 16.7 Å². The van der Waals surface area contributed by atoms with Crippen molar-refractivity contribution in [2.45, 2.75) is 20.4 Å². The molecule has 2 aromatic carbocycles. The van der Waals surface area contributed by atoms with Gasteiger partial charge in [0.2, 0.25) is 0 Å². The highest BCUT2D eigenvalue weighted by Crippen LogP contribution is 2.19. The molecule has 0 saturated carbocycles. The fraction of sp³-hybridized carbons (Fsp3) is 0.125. The average Bonchev–Trinajstić information content (AvgIpc) is 2.74. The standard InChI is InChI=1S/C24H20FN3O2/c1-15-9-10-16(2)21(12-15)27-23(29)19-13-17-7-5-11-26-22(17)28(24(19)30)14-18-6-3-4-8-20(18)25/h3-13H,14H2,1-2H3,(H,27,29). The summed E-state index contributed by atoms with van der Waals surface area (Å²) in [6.45, 7) is 3.79. The van der Waals surface area contributed by atoms with Gasteiger partial charge in [0.25, 0.3) is 11.5 Å². The molecule has 30 heavy (non-hydrogen) atoms. The molecule has 4 aromatic rings. The third-order valence-corrected chi connectivity index (χ3v) is 5.02. The molecule has 0 bridgehead atoms. The van der Waals surface area contributed by atoms with Crippen LogP contribution in [-0.2, 0) is 6.54 Å². The molecule has 0 unspecified atom stereocenters. The minimum atomic E-state index is -0.521. The number of hydrogen-bond donors (Lipinski definition) is 1. The lowest BCUT2D eigenvalue weighted by Gasteiger charge is -2.14. The van der Waals surface area contributed by atoms with Gasteiger partial charge in [-0.05, 0) is 55.3 Å². The predicted octanol–water partition coefficient (Wildman–Crippen LogP) is 4.45. The van der Waals surface area contributed by atoms with Gasteiger partial charge in [0.15, 0.2) is 0 Å². The predicted molar refractivity (Wildman–Crippen MR) is 115 cm³/mol. The minimum absolute atomic E-state index is 0.0206.